The molecule has 1 fully saturated rings. The highest BCUT2D eigenvalue weighted by Crippen LogP contribution is 2.31. The molecular weight excluding hydrogens is 216 g/mol. The quantitative estimate of drug-likeness (QED) is 0.836. The molecular formula is C13H16N2O2. The first-order valence-corrected chi connectivity index (χ1v) is 6.09. The Balaban J connectivity index is 1.78. The Morgan fingerprint density at radius 2 is 2.12 bits per heavy atom. The minimum absolute atomic E-state index is 0.206. The summed E-state index contributed by atoms with van der Waals surface area (Å²) in [4.78, 5) is 11.0. The normalized spacial score (nSPS) is 24.0. The van der Waals surface area contributed by atoms with Gasteiger partial charge in [-0.1, -0.05) is 18.2 Å². The number of aliphatic carboxylic acids is 1. The predicted octanol–water partition coefficient (Wildman–Crippen LogP) is 1.37. The number of carboxylic acids is 1. The van der Waals surface area contributed by atoms with E-state index in [2.05, 4.69) is 28.2 Å². The first-order chi connectivity index (χ1) is 8.25. The van der Waals surface area contributed by atoms with Gasteiger partial charge in [-0.05, 0) is 24.5 Å². The molecule has 4 nitrogen and oxygen atoms in total. The molecule has 1 N–H and O–H groups in total. The second kappa shape index (κ2) is 4.04. The molecule has 2 heterocycles. The first kappa shape index (κ1) is 10.6. The van der Waals surface area contributed by atoms with Crippen LogP contribution in [0, 0.1) is 5.92 Å². The van der Waals surface area contributed by atoms with Gasteiger partial charge in [-0.25, -0.2) is 5.01 Å². The highest BCUT2D eigenvalue weighted by atomic mass is 16.4. The molecule has 0 saturated carbocycles. The summed E-state index contributed by atoms with van der Waals surface area (Å²) < 4.78 is 0. The number of carbonyl (C=O) groups is 1. The van der Waals surface area contributed by atoms with Crippen LogP contribution in [0.4, 0.5) is 5.69 Å². The van der Waals surface area contributed by atoms with Crippen molar-refractivity contribution in [3.8, 4) is 0 Å². The molecule has 0 bridgehead atoms. The van der Waals surface area contributed by atoms with Gasteiger partial charge in [0, 0.05) is 19.6 Å². The van der Waals surface area contributed by atoms with Crippen molar-refractivity contribution in [2.45, 2.75) is 12.8 Å². The average Bonchev–Trinajstić information content (AvgIpc) is 2.95. The minimum atomic E-state index is -0.667. The fourth-order valence-corrected chi connectivity index (χ4v) is 2.78. The lowest BCUT2D eigenvalue weighted by Gasteiger charge is -2.30. The summed E-state index contributed by atoms with van der Waals surface area (Å²) in [6.45, 7) is 2.47. The van der Waals surface area contributed by atoms with Crippen molar-refractivity contribution < 1.29 is 9.90 Å². The topological polar surface area (TPSA) is 43.8 Å². The van der Waals surface area contributed by atoms with E-state index in [0.29, 0.717) is 6.54 Å². The van der Waals surface area contributed by atoms with Crippen LogP contribution in [-0.2, 0) is 11.2 Å². The van der Waals surface area contributed by atoms with Gasteiger partial charge in [0.1, 0.15) is 0 Å². The van der Waals surface area contributed by atoms with Crippen molar-refractivity contribution in [1.29, 1.82) is 0 Å². The minimum Gasteiger partial charge on any atom is -0.481 e. The number of hydrogen-bond donors (Lipinski definition) is 1. The molecule has 1 saturated heterocycles. The maximum absolute atomic E-state index is 11.0. The lowest BCUT2D eigenvalue weighted by atomic mass is 10.1. The van der Waals surface area contributed by atoms with Crippen LogP contribution in [0.3, 0.4) is 0 Å². The number of fused-ring (bicyclic) bond motifs is 1. The summed E-state index contributed by atoms with van der Waals surface area (Å²) in [5.74, 6) is -0.872. The van der Waals surface area contributed by atoms with Crippen molar-refractivity contribution in [3.63, 3.8) is 0 Å². The fraction of sp³-hybridized carbons (Fsp3) is 0.462. The van der Waals surface area contributed by atoms with Gasteiger partial charge in [0.05, 0.1) is 11.6 Å². The summed E-state index contributed by atoms with van der Waals surface area (Å²) in [5, 5.41) is 13.5. The van der Waals surface area contributed by atoms with Gasteiger partial charge in [-0.3, -0.25) is 4.79 Å². The van der Waals surface area contributed by atoms with Gasteiger partial charge in [-0.2, -0.15) is 0 Å². The van der Waals surface area contributed by atoms with Crippen LogP contribution in [-0.4, -0.2) is 35.7 Å². The van der Waals surface area contributed by atoms with Crippen LogP contribution in [0.15, 0.2) is 24.3 Å². The second-order valence-electron chi connectivity index (χ2n) is 4.74. The molecule has 4 heteroatoms. The molecule has 0 radical (unpaired) electrons. The Bertz CT molecular complexity index is 447. The number of carboxylic acid groups (broad SMARTS) is 1. The van der Waals surface area contributed by atoms with Crippen LogP contribution in [0.1, 0.15) is 12.0 Å². The van der Waals surface area contributed by atoms with E-state index in [1.165, 1.54) is 11.3 Å². The number of benzene rings is 1. The summed E-state index contributed by atoms with van der Waals surface area (Å²) in [5.41, 5.74) is 2.62. The van der Waals surface area contributed by atoms with E-state index in [1.54, 1.807) is 0 Å². The molecule has 90 valence electrons. The SMILES string of the molecule is O=C(O)C1CCN(N2CCc3ccccc32)C1. The molecule has 2 aliphatic heterocycles. The molecule has 0 spiro atoms. The number of nitrogens with zero attached hydrogens (tertiary/aromatic N) is 2. The lowest BCUT2D eigenvalue weighted by Crippen LogP contribution is -2.40. The molecule has 0 aliphatic carbocycles. The standard InChI is InChI=1S/C13H16N2O2/c16-13(17)11-5-7-14(9-11)15-8-6-10-3-1-2-4-12(10)15/h1-4,11H,5-9H2,(H,16,17). The Labute approximate surface area is 100 Å². The van der Waals surface area contributed by atoms with E-state index < -0.39 is 5.97 Å². The maximum Gasteiger partial charge on any atom is 0.307 e. The Morgan fingerprint density at radius 3 is 2.88 bits per heavy atom. The van der Waals surface area contributed by atoms with Crippen molar-refractivity contribution in [2.24, 2.45) is 5.92 Å². The molecule has 3 rings (SSSR count). The maximum atomic E-state index is 11.0. The molecule has 0 amide bonds. The lowest BCUT2D eigenvalue weighted by molar-refractivity contribution is -0.141. The zero-order valence-corrected chi connectivity index (χ0v) is 9.67. The summed E-state index contributed by atoms with van der Waals surface area (Å²) in [6.07, 6.45) is 1.82. The van der Waals surface area contributed by atoms with E-state index in [4.69, 9.17) is 5.11 Å². The van der Waals surface area contributed by atoms with E-state index in [9.17, 15) is 4.79 Å². The molecule has 1 atom stereocenters. The second-order valence-corrected chi connectivity index (χ2v) is 4.74. The molecule has 0 aromatic heterocycles. The number of para-hydroxylation sites is 1. The van der Waals surface area contributed by atoms with Crippen LogP contribution in [0.25, 0.3) is 0 Å². The third-order valence-corrected chi connectivity index (χ3v) is 3.72. The van der Waals surface area contributed by atoms with E-state index in [-0.39, 0.29) is 5.92 Å². The van der Waals surface area contributed by atoms with Crippen molar-refractivity contribution >= 4 is 11.7 Å². The summed E-state index contributed by atoms with van der Waals surface area (Å²) in [6, 6.07) is 8.38. The Hall–Kier alpha value is -1.55. The van der Waals surface area contributed by atoms with Gasteiger partial charge in [-0.15, -0.1) is 0 Å². The molecule has 2 aliphatic rings. The Morgan fingerprint density at radius 1 is 1.29 bits per heavy atom. The van der Waals surface area contributed by atoms with Crippen molar-refractivity contribution in [2.75, 3.05) is 24.6 Å². The predicted molar refractivity (Wildman–Crippen MR) is 64.8 cm³/mol. The van der Waals surface area contributed by atoms with Crippen LogP contribution in [0.2, 0.25) is 0 Å². The van der Waals surface area contributed by atoms with Crippen LogP contribution < -0.4 is 5.01 Å². The van der Waals surface area contributed by atoms with E-state index in [0.717, 1.165) is 25.9 Å². The largest absolute Gasteiger partial charge is 0.481 e. The Kier molecular flexibility index (Phi) is 2.52. The van der Waals surface area contributed by atoms with E-state index >= 15 is 0 Å². The third kappa shape index (κ3) is 1.78. The molecule has 1 unspecified atom stereocenters. The van der Waals surface area contributed by atoms with Gasteiger partial charge in [0.15, 0.2) is 0 Å². The highest BCUT2D eigenvalue weighted by Gasteiger charge is 2.33. The van der Waals surface area contributed by atoms with Gasteiger partial charge >= 0.3 is 5.97 Å². The number of rotatable bonds is 2. The monoisotopic (exact) mass is 232 g/mol. The van der Waals surface area contributed by atoms with Crippen LogP contribution >= 0.6 is 0 Å². The van der Waals surface area contributed by atoms with Gasteiger partial charge < -0.3 is 10.1 Å². The third-order valence-electron chi connectivity index (χ3n) is 3.72. The zero-order chi connectivity index (χ0) is 11.8. The zero-order valence-electron chi connectivity index (χ0n) is 9.67. The van der Waals surface area contributed by atoms with Crippen molar-refractivity contribution in [1.82, 2.24) is 5.01 Å². The summed E-state index contributed by atoms with van der Waals surface area (Å²) in [7, 11) is 0. The molecule has 1 aromatic carbocycles. The van der Waals surface area contributed by atoms with Gasteiger partial charge in [0.25, 0.3) is 0 Å². The van der Waals surface area contributed by atoms with Crippen molar-refractivity contribution in [3.05, 3.63) is 29.8 Å². The fourth-order valence-electron chi connectivity index (χ4n) is 2.78. The molecule has 1 aromatic rings. The average molecular weight is 232 g/mol. The number of anilines is 1. The smallest absolute Gasteiger partial charge is 0.307 e. The van der Waals surface area contributed by atoms with E-state index in [1.807, 2.05) is 6.07 Å². The summed E-state index contributed by atoms with van der Waals surface area (Å²) >= 11 is 0. The first-order valence-electron chi connectivity index (χ1n) is 6.09. The number of hydrogen-bond acceptors (Lipinski definition) is 3. The van der Waals surface area contributed by atoms with Crippen LogP contribution in [0.5, 0.6) is 0 Å². The van der Waals surface area contributed by atoms with Gasteiger partial charge in [0.2, 0.25) is 0 Å². The molecule has 17 heavy (non-hydrogen) atoms. The number of hydrazine groups is 1. The highest BCUT2D eigenvalue weighted by molar-refractivity contribution is 5.70.